The smallest absolute Gasteiger partial charge is 0.601 e. The molecule has 0 aliphatic carbocycles. The van der Waals surface area contributed by atoms with E-state index in [1.807, 2.05) is 12.1 Å². The van der Waals surface area contributed by atoms with Gasteiger partial charge in [-0.1, -0.05) is 101 Å². The molecule has 4 aliphatic heterocycles. The van der Waals surface area contributed by atoms with Crippen molar-refractivity contribution in [3.8, 4) is 40.0 Å². The summed E-state index contributed by atoms with van der Waals surface area (Å²) in [5, 5.41) is 2.27. The van der Waals surface area contributed by atoms with Gasteiger partial charge in [0.25, 0.3) is 0 Å². The summed E-state index contributed by atoms with van der Waals surface area (Å²) in [5.74, 6) is 3.69. The number of hydrogen-bond acceptors (Lipinski definition) is 5. The first kappa shape index (κ1) is 33.7. The van der Waals surface area contributed by atoms with Gasteiger partial charge in [0.15, 0.2) is 22.9 Å². The van der Waals surface area contributed by atoms with Crippen LogP contribution in [0.3, 0.4) is 0 Å². The average Bonchev–Trinajstić information content (AvgIpc) is 3.75. The zero-order valence-corrected chi connectivity index (χ0v) is 31.8. The van der Waals surface area contributed by atoms with E-state index in [9.17, 15) is 0 Å². The highest BCUT2D eigenvalue weighted by molar-refractivity contribution is 6.65. The molecule has 0 amide bonds. The highest BCUT2D eigenvalue weighted by atomic mass is 16.6. The summed E-state index contributed by atoms with van der Waals surface area (Å²) in [5.41, 5.74) is 10.6. The van der Waals surface area contributed by atoms with Crippen LogP contribution in [0.4, 0.5) is 0 Å². The van der Waals surface area contributed by atoms with Gasteiger partial charge in [0.05, 0.1) is 53.6 Å². The van der Waals surface area contributed by atoms with Crippen molar-refractivity contribution in [1.82, 2.24) is 4.48 Å². The van der Waals surface area contributed by atoms with E-state index < -0.39 is 6.82 Å². The maximum Gasteiger partial charge on any atom is 0.780 e. The molecule has 7 nitrogen and oxygen atoms in total. The van der Waals surface area contributed by atoms with Gasteiger partial charge in [-0.25, -0.2) is 0 Å². The topological polar surface area (TPSA) is 54.1 Å². The molecule has 276 valence electrons. The Bertz CT molecular complexity index is 2540. The van der Waals surface area contributed by atoms with Crippen molar-refractivity contribution in [2.75, 3.05) is 19.8 Å². The molecule has 55 heavy (non-hydrogen) atoms. The third kappa shape index (κ3) is 5.00. The van der Waals surface area contributed by atoms with E-state index >= 15 is 0 Å². The zero-order chi connectivity index (χ0) is 37.1. The fraction of sp³-hybridized carbons (Fsp3) is 0.255. The molecule has 1 spiro atoms. The minimum Gasteiger partial charge on any atom is -0.601 e. The largest absolute Gasteiger partial charge is 0.780 e. The van der Waals surface area contributed by atoms with Crippen molar-refractivity contribution in [2.24, 2.45) is 0 Å². The summed E-state index contributed by atoms with van der Waals surface area (Å²) in [4.78, 5) is 0. The number of hydrogen-bond donors (Lipinski definition) is 0. The van der Waals surface area contributed by atoms with Crippen LogP contribution in [-0.2, 0) is 0 Å². The maximum absolute atomic E-state index is 7.37. The van der Waals surface area contributed by atoms with Crippen LogP contribution in [0.2, 0.25) is 0 Å². The van der Waals surface area contributed by atoms with E-state index in [1.165, 1.54) is 0 Å². The lowest BCUT2D eigenvalue weighted by Gasteiger charge is -2.47. The SMILES string of the molecule is CCCCOc1cc(C2=C3c4ccccc4C4=[N+]3[B-]3(Oc5ccccc54)Oc4ccccc4-c4c5ccccc5c2n43)cc(OCCCC)c1OCCCC. The molecule has 10 rings (SSSR count). The van der Waals surface area contributed by atoms with Gasteiger partial charge in [-0.15, -0.1) is 0 Å². The Hall–Kier alpha value is -5.89. The molecule has 0 saturated heterocycles. The Morgan fingerprint density at radius 1 is 0.564 bits per heavy atom. The summed E-state index contributed by atoms with van der Waals surface area (Å²) in [6.07, 6.45) is 5.91. The molecule has 0 bridgehead atoms. The van der Waals surface area contributed by atoms with Crippen molar-refractivity contribution in [1.29, 1.82) is 0 Å². The number of unbranched alkanes of at least 4 members (excludes halogenated alkanes) is 3. The summed E-state index contributed by atoms with van der Waals surface area (Å²) < 4.78 is 39.4. The van der Waals surface area contributed by atoms with Gasteiger partial charge >= 0.3 is 6.82 Å². The molecule has 5 aromatic carbocycles. The molecule has 8 heteroatoms. The van der Waals surface area contributed by atoms with E-state index in [0.29, 0.717) is 37.1 Å². The van der Waals surface area contributed by atoms with Crippen LogP contribution in [-0.4, -0.2) is 41.3 Å². The lowest BCUT2D eigenvalue weighted by Crippen LogP contribution is -2.69. The first-order chi connectivity index (χ1) is 27.2. The van der Waals surface area contributed by atoms with Crippen LogP contribution in [0, 0.1) is 0 Å². The minimum absolute atomic E-state index is 0.586. The third-order valence-corrected chi connectivity index (χ3v) is 11.4. The predicted octanol–water partition coefficient (Wildman–Crippen LogP) is 10.7. The van der Waals surface area contributed by atoms with Crippen molar-refractivity contribution in [3.05, 3.63) is 137 Å². The van der Waals surface area contributed by atoms with Gasteiger partial charge in [0.2, 0.25) is 5.75 Å². The Balaban J connectivity index is 1.35. The monoisotopic (exact) mass is 728 g/mol. The van der Waals surface area contributed by atoms with Crippen molar-refractivity contribution >= 4 is 34.6 Å². The van der Waals surface area contributed by atoms with E-state index in [0.717, 1.165) is 117 Å². The number of para-hydroxylation sites is 2. The van der Waals surface area contributed by atoms with Gasteiger partial charge in [-0.05, 0) is 73.4 Å². The predicted molar refractivity (Wildman–Crippen MR) is 220 cm³/mol. The first-order valence-electron chi connectivity index (χ1n) is 20.1. The molecule has 0 fully saturated rings. The molecule has 5 heterocycles. The standard InChI is InChI=1S/C47H45BN2O5/c1-4-7-26-51-40-29-31(30-41(52-27-8-5-2)47(40)53-28-9-6-3)42-45-34-20-12-10-18-32(34)43-36-22-14-16-24-38(36)54-48(49(43)45)50-44(37-23-15-17-25-39(37)55-48)33-19-11-13-21-35(33)46(42)50/h10-25,29-30H,4-9,26-28H2,1-3H3. The van der Waals surface area contributed by atoms with E-state index in [2.05, 4.69) is 127 Å². The Kier molecular flexibility index (Phi) is 8.23. The second-order valence-electron chi connectivity index (χ2n) is 14.9. The van der Waals surface area contributed by atoms with Gasteiger partial charge in [0, 0.05) is 27.7 Å². The normalized spacial score (nSPS) is 16.8. The number of fused-ring (bicyclic) bond motifs is 10. The molecule has 1 unspecified atom stereocenters. The van der Waals surface area contributed by atoms with Crippen LogP contribution in [0.25, 0.3) is 33.3 Å². The van der Waals surface area contributed by atoms with Gasteiger partial charge in [-0.3, -0.25) is 0 Å². The first-order valence-corrected chi connectivity index (χ1v) is 20.1. The van der Waals surface area contributed by atoms with Gasteiger partial charge < -0.3 is 32.5 Å². The summed E-state index contributed by atoms with van der Waals surface area (Å²) in [6.45, 7) is 5.93. The second-order valence-corrected chi connectivity index (χ2v) is 14.9. The molecular formula is C47H45BN2O5. The van der Waals surface area contributed by atoms with Crippen LogP contribution in [0.5, 0.6) is 28.7 Å². The molecule has 4 aliphatic rings. The van der Waals surface area contributed by atoms with E-state index in [4.69, 9.17) is 23.5 Å². The van der Waals surface area contributed by atoms with Crippen molar-refractivity contribution in [2.45, 2.75) is 59.3 Å². The molecular weight excluding hydrogens is 683 g/mol. The molecule has 0 radical (unpaired) electrons. The van der Waals surface area contributed by atoms with Crippen LogP contribution < -0.4 is 23.5 Å². The number of aromatic nitrogens is 1. The Morgan fingerprint density at radius 3 is 1.71 bits per heavy atom. The van der Waals surface area contributed by atoms with E-state index in [-0.39, 0.29) is 0 Å². The van der Waals surface area contributed by atoms with E-state index in [1.54, 1.807) is 0 Å². The molecule has 0 N–H and O–H groups in total. The number of benzene rings is 5. The highest BCUT2D eigenvalue weighted by Gasteiger charge is 2.66. The summed E-state index contributed by atoms with van der Waals surface area (Å²) >= 11 is 0. The quantitative estimate of drug-likeness (QED) is 0.0875. The fourth-order valence-corrected chi connectivity index (χ4v) is 8.89. The zero-order valence-electron chi connectivity index (χ0n) is 31.8. The molecule has 6 aromatic rings. The summed E-state index contributed by atoms with van der Waals surface area (Å²) in [6, 6.07) is 38.5. The second kappa shape index (κ2) is 13.4. The van der Waals surface area contributed by atoms with Gasteiger partial charge in [-0.2, -0.15) is 0 Å². The molecule has 1 atom stereocenters. The van der Waals surface area contributed by atoms with Crippen LogP contribution in [0.15, 0.2) is 109 Å². The van der Waals surface area contributed by atoms with Crippen LogP contribution >= 0.6 is 0 Å². The minimum atomic E-state index is -2.39. The average molecular weight is 729 g/mol. The number of nitrogens with zero attached hydrogens (tertiary/aromatic N) is 2. The highest BCUT2D eigenvalue weighted by Crippen LogP contribution is 2.57. The lowest BCUT2D eigenvalue weighted by atomic mass is 9.75. The fourth-order valence-electron chi connectivity index (χ4n) is 8.89. The third-order valence-electron chi connectivity index (χ3n) is 11.4. The molecule has 1 aromatic heterocycles. The lowest BCUT2D eigenvalue weighted by molar-refractivity contribution is -0.330. The Labute approximate surface area is 322 Å². The van der Waals surface area contributed by atoms with Crippen molar-refractivity contribution in [3.63, 3.8) is 0 Å². The van der Waals surface area contributed by atoms with Gasteiger partial charge in [0.1, 0.15) is 0 Å². The number of ether oxygens (including phenoxy) is 3. The Morgan fingerprint density at radius 2 is 1.07 bits per heavy atom. The molecule has 0 saturated carbocycles. The summed E-state index contributed by atoms with van der Waals surface area (Å²) in [7, 11) is 0. The van der Waals surface area contributed by atoms with Crippen LogP contribution in [0.1, 0.15) is 87.2 Å². The number of rotatable bonds is 13. The maximum atomic E-state index is 7.37. The van der Waals surface area contributed by atoms with Crippen molar-refractivity contribution < 1.29 is 28.0 Å².